The van der Waals surface area contributed by atoms with Gasteiger partial charge in [-0.05, 0) is 13.8 Å². The minimum atomic E-state index is -0.154. The van der Waals surface area contributed by atoms with E-state index in [0.717, 1.165) is 17.9 Å². The molecule has 0 aromatic carbocycles. The van der Waals surface area contributed by atoms with Crippen molar-refractivity contribution in [2.24, 2.45) is 0 Å². The molecule has 1 unspecified atom stereocenters. The molecule has 0 saturated carbocycles. The zero-order valence-corrected chi connectivity index (χ0v) is 9.55. The summed E-state index contributed by atoms with van der Waals surface area (Å²) in [5.74, 6) is 0.616. The Morgan fingerprint density at radius 3 is 2.88 bits per heavy atom. The van der Waals surface area contributed by atoms with Gasteiger partial charge >= 0.3 is 0 Å². The Kier molecular flexibility index (Phi) is 3.31. The van der Waals surface area contributed by atoms with Gasteiger partial charge in [0, 0.05) is 13.1 Å². The first-order chi connectivity index (χ1) is 7.70. The molecule has 2 rings (SSSR count). The van der Waals surface area contributed by atoms with Crippen LogP contribution in [0.15, 0.2) is 0 Å². The summed E-state index contributed by atoms with van der Waals surface area (Å²) in [6.45, 7) is 5.75. The van der Waals surface area contributed by atoms with Gasteiger partial charge in [0.1, 0.15) is 0 Å². The van der Waals surface area contributed by atoms with Crippen LogP contribution in [-0.4, -0.2) is 52.7 Å². The molecule has 1 N–H and O–H groups in total. The number of nitrogens with zero attached hydrogens (tertiary/aromatic N) is 4. The van der Waals surface area contributed by atoms with Crippen LogP contribution in [0.5, 0.6) is 0 Å². The number of aromatic nitrogens is 3. The summed E-state index contributed by atoms with van der Waals surface area (Å²) < 4.78 is 5.37. The summed E-state index contributed by atoms with van der Waals surface area (Å²) in [5, 5.41) is 17.2. The molecule has 1 aliphatic heterocycles. The van der Waals surface area contributed by atoms with Crippen molar-refractivity contribution in [3.63, 3.8) is 0 Å². The second-order valence-electron chi connectivity index (χ2n) is 3.90. The molecule has 0 amide bonds. The Labute approximate surface area is 94.3 Å². The number of anilines is 1. The summed E-state index contributed by atoms with van der Waals surface area (Å²) in [7, 11) is 0. The van der Waals surface area contributed by atoms with Crippen molar-refractivity contribution in [2.45, 2.75) is 20.0 Å². The number of rotatable bonds is 2. The fourth-order valence-corrected chi connectivity index (χ4v) is 1.59. The van der Waals surface area contributed by atoms with Gasteiger partial charge in [0.15, 0.2) is 0 Å². The Morgan fingerprint density at radius 1 is 1.38 bits per heavy atom. The standard InChI is InChI=1S/C10H16N4O2/c1-7-8(2)12-13-10(11-7)14-3-4-16-9(5-14)6-15/h9,15H,3-6H2,1-2H3. The van der Waals surface area contributed by atoms with Crippen molar-refractivity contribution in [2.75, 3.05) is 31.2 Å². The van der Waals surface area contributed by atoms with Crippen LogP contribution in [0.25, 0.3) is 0 Å². The van der Waals surface area contributed by atoms with Crippen LogP contribution in [0.1, 0.15) is 11.4 Å². The smallest absolute Gasteiger partial charge is 0.245 e. The number of hydrogen-bond acceptors (Lipinski definition) is 6. The van der Waals surface area contributed by atoms with Gasteiger partial charge in [-0.15, -0.1) is 5.10 Å². The first-order valence-corrected chi connectivity index (χ1v) is 5.36. The van der Waals surface area contributed by atoms with E-state index in [4.69, 9.17) is 9.84 Å². The topological polar surface area (TPSA) is 71.4 Å². The van der Waals surface area contributed by atoms with Gasteiger partial charge in [-0.2, -0.15) is 5.10 Å². The molecule has 88 valence electrons. The predicted octanol–water partition coefficient (Wildman–Crippen LogP) is -0.314. The molecule has 1 fully saturated rings. The van der Waals surface area contributed by atoms with Crippen LogP contribution in [0.4, 0.5) is 5.95 Å². The Bertz CT molecular complexity index is 372. The zero-order chi connectivity index (χ0) is 11.5. The Balaban J connectivity index is 2.13. The lowest BCUT2D eigenvalue weighted by molar-refractivity contribution is 0.00308. The SMILES string of the molecule is Cc1nnc(N2CCOC(CO)C2)nc1C. The molecule has 1 aromatic heterocycles. The maximum atomic E-state index is 9.05. The summed E-state index contributed by atoms with van der Waals surface area (Å²) in [6.07, 6.45) is -0.154. The maximum absolute atomic E-state index is 9.05. The fourth-order valence-electron chi connectivity index (χ4n) is 1.59. The van der Waals surface area contributed by atoms with Crippen LogP contribution in [0.3, 0.4) is 0 Å². The number of ether oxygens (including phenoxy) is 1. The average molecular weight is 224 g/mol. The van der Waals surface area contributed by atoms with Crippen molar-refractivity contribution in [1.82, 2.24) is 15.2 Å². The molecular formula is C10H16N4O2. The van der Waals surface area contributed by atoms with Crippen LogP contribution in [0.2, 0.25) is 0 Å². The third-order valence-corrected chi connectivity index (χ3v) is 2.71. The maximum Gasteiger partial charge on any atom is 0.245 e. The van der Waals surface area contributed by atoms with E-state index in [0.29, 0.717) is 19.1 Å². The van der Waals surface area contributed by atoms with Gasteiger partial charge in [0.05, 0.1) is 30.7 Å². The Hall–Kier alpha value is -1.27. The molecule has 16 heavy (non-hydrogen) atoms. The fraction of sp³-hybridized carbons (Fsp3) is 0.700. The number of aliphatic hydroxyl groups is 1. The van der Waals surface area contributed by atoms with E-state index in [2.05, 4.69) is 15.2 Å². The summed E-state index contributed by atoms with van der Waals surface area (Å²) in [5.41, 5.74) is 1.73. The first-order valence-electron chi connectivity index (χ1n) is 5.36. The quantitative estimate of drug-likeness (QED) is 0.742. The van der Waals surface area contributed by atoms with E-state index in [1.165, 1.54) is 0 Å². The van der Waals surface area contributed by atoms with E-state index in [-0.39, 0.29) is 12.7 Å². The molecule has 0 radical (unpaired) electrons. The monoisotopic (exact) mass is 224 g/mol. The van der Waals surface area contributed by atoms with Gasteiger partial charge in [-0.25, -0.2) is 4.98 Å². The van der Waals surface area contributed by atoms with E-state index in [9.17, 15) is 0 Å². The molecule has 1 aliphatic rings. The molecule has 6 heteroatoms. The number of hydrogen-bond donors (Lipinski definition) is 1. The van der Waals surface area contributed by atoms with Gasteiger partial charge in [0.2, 0.25) is 5.95 Å². The van der Waals surface area contributed by atoms with Crippen molar-refractivity contribution in [3.05, 3.63) is 11.4 Å². The highest BCUT2D eigenvalue weighted by atomic mass is 16.5. The highest BCUT2D eigenvalue weighted by molar-refractivity contribution is 5.30. The van der Waals surface area contributed by atoms with Gasteiger partial charge in [-0.3, -0.25) is 0 Å². The Morgan fingerprint density at radius 2 is 2.19 bits per heavy atom. The normalized spacial score (nSPS) is 21.2. The van der Waals surface area contributed by atoms with Gasteiger partial charge in [-0.1, -0.05) is 0 Å². The van der Waals surface area contributed by atoms with E-state index >= 15 is 0 Å². The van der Waals surface area contributed by atoms with Crippen molar-refractivity contribution in [1.29, 1.82) is 0 Å². The summed E-state index contributed by atoms with van der Waals surface area (Å²) >= 11 is 0. The lowest BCUT2D eigenvalue weighted by Crippen LogP contribution is -2.45. The number of aryl methyl sites for hydroxylation is 2. The third kappa shape index (κ3) is 2.28. The largest absolute Gasteiger partial charge is 0.394 e. The van der Waals surface area contributed by atoms with Crippen molar-refractivity contribution >= 4 is 5.95 Å². The average Bonchev–Trinajstić information content (AvgIpc) is 2.33. The molecule has 1 atom stereocenters. The molecular weight excluding hydrogens is 208 g/mol. The lowest BCUT2D eigenvalue weighted by Gasteiger charge is -2.31. The molecule has 1 aromatic rings. The first kappa shape index (κ1) is 11.2. The van der Waals surface area contributed by atoms with Crippen LogP contribution < -0.4 is 4.90 Å². The van der Waals surface area contributed by atoms with Crippen LogP contribution in [-0.2, 0) is 4.74 Å². The summed E-state index contributed by atoms with van der Waals surface area (Å²) in [6, 6.07) is 0. The molecule has 2 heterocycles. The van der Waals surface area contributed by atoms with E-state index in [1.807, 2.05) is 18.7 Å². The molecule has 0 bridgehead atoms. The number of aliphatic hydroxyl groups excluding tert-OH is 1. The number of morpholine rings is 1. The second-order valence-corrected chi connectivity index (χ2v) is 3.90. The highest BCUT2D eigenvalue weighted by Crippen LogP contribution is 2.12. The molecule has 0 aliphatic carbocycles. The highest BCUT2D eigenvalue weighted by Gasteiger charge is 2.22. The zero-order valence-electron chi connectivity index (χ0n) is 9.55. The van der Waals surface area contributed by atoms with Crippen molar-refractivity contribution in [3.8, 4) is 0 Å². The molecule has 6 nitrogen and oxygen atoms in total. The minimum absolute atomic E-state index is 0.0226. The second kappa shape index (κ2) is 4.71. The molecule has 0 spiro atoms. The molecule has 1 saturated heterocycles. The summed E-state index contributed by atoms with van der Waals surface area (Å²) in [4.78, 5) is 6.37. The van der Waals surface area contributed by atoms with Gasteiger partial charge in [0.25, 0.3) is 0 Å². The van der Waals surface area contributed by atoms with Crippen molar-refractivity contribution < 1.29 is 9.84 Å². The third-order valence-electron chi connectivity index (χ3n) is 2.71. The van der Waals surface area contributed by atoms with Gasteiger partial charge < -0.3 is 14.7 Å². The van der Waals surface area contributed by atoms with Crippen LogP contribution in [0, 0.1) is 13.8 Å². The van der Waals surface area contributed by atoms with E-state index < -0.39 is 0 Å². The van der Waals surface area contributed by atoms with Crippen LogP contribution >= 0.6 is 0 Å². The minimum Gasteiger partial charge on any atom is -0.394 e. The predicted molar refractivity (Wildman–Crippen MR) is 58.3 cm³/mol. The van der Waals surface area contributed by atoms with E-state index in [1.54, 1.807) is 0 Å². The lowest BCUT2D eigenvalue weighted by atomic mass is 10.3.